The number of para-hydroxylation sites is 2. The molecule has 2 aromatic heterocycles. The zero-order valence-electron chi connectivity index (χ0n) is 11.8. The number of alkyl halides is 1. The van der Waals surface area contributed by atoms with Crippen LogP contribution in [0.15, 0.2) is 66.7 Å². The predicted octanol–water partition coefficient (Wildman–Crippen LogP) is 5.19. The van der Waals surface area contributed by atoms with E-state index in [4.69, 9.17) is 16.6 Å². The van der Waals surface area contributed by atoms with Crippen LogP contribution >= 0.6 is 11.6 Å². The zero-order chi connectivity index (χ0) is 14.9. The molecule has 0 N–H and O–H groups in total. The first-order valence-corrected chi connectivity index (χ1v) is 7.69. The number of aromatic nitrogens is 2. The summed E-state index contributed by atoms with van der Waals surface area (Å²) in [7, 11) is 0. The summed E-state index contributed by atoms with van der Waals surface area (Å²) in [4.78, 5) is 9.44. The number of rotatable bonds is 2. The summed E-state index contributed by atoms with van der Waals surface area (Å²) < 4.78 is 0. The molecule has 2 nitrogen and oxygen atoms in total. The van der Waals surface area contributed by atoms with Crippen LogP contribution in [0.5, 0.6) is 0 Å². The number of pyridine rings is 2. The van der Waals surface area contributed by atoms with Gasteiger partial charge in [0.25, 0.3) is 0 Å². The molecule has 0 atom stereocenters. The highest BCUT2D eigenvalue weighted by Crippen LogP contribution is 2.27. The molecule has 0 saturated heterocycles. The van der Waals surface area contributed by atoms with Crippen molar-refractivity contribution in [1.29, 1.82) is 0 Å². The van der Waals surface area contributed by atoms with Crippen LogP contribution in [0, 0.1) is 0 Å². The van der Waals surface area contributed by atoms with Crippen LogP contribution in [0.25, 0.3) is 33.1 Å². The Morgan fingerprint density at radius 3 is 2.18 bits per heavy atom. The second-order valence-electron chi connectivity index (χ2n) is 5.20. The van der Waals surface area contributed by atoms with E-state index in [1.54, 1.807) is 0 Å². The van der Waals surface area contributed by atoms with E-state index in [2.05, 4.69) is 29.2 Å². The van der Waals surface area contributed by atoms with Crippen molar-refractivity contribution in [2.75, 3.05) is 0 Å². The third-order valence-corrected chi connectivity index (χ3v) is 4.06. The van der Waals surface area contributed by atoms with Gasteiger partial charge in [0.1, 0.15) is 0 Å². The third-order valence-electron chi connectivity index (χ3n) is 3.80. The number of benzene rings is 2. The molecule has 22 heavy (non-hydrogen) atoms. The van der Waals surface area contributed by atoms with Crippen LogP contribution in [-0.2, 0) is 5.88 Å². The molecule has 0 bridgehead atoms. The molecule has 4 rings (SSSR count). The van der Waals surface area contributed by atoms with Crippen LogP contribution in [0.3, 0.4) is 0 Å². The minimum Gasteiger partial charge on any atom is -0.251 e. The highest BCUT2D eigenvalue weighted by Gasteiger charge is 2.10. The smallest absolute Gasteiger partial charge is 0.0728 e. The molecule has 4 aromatic rings. The molecule has 0 unspecified atom stereocenters. The van der Waals surface area contributed by atoms with Gasteiger partial charge in [0.15, 0.2) is 0 Å². The maximum Gasteiger partial charge on any atom is 0.0728 e. The number of fused-ring (bicyclic) bond motifs is 2. The van der Waals surface area contributed by atoms with Gasteiger partial charge < -0.3 is 0 Å². The molecular formula is C19H13ClN2. The highest BCUT2D eigenvalue weighted by atomic mass is 35.5. The Balaban J connectivity index is 1.97. The van der Waals surface area contributed by atoms with E-state index in [-0.39, 0.29) is 0 Å². The van der Waals surface area contributed by atoms with E-state index in [0.717, 1.165) is 38.8 Å². The van der Waals surface area contributed by atoms with E-state index in [1.165, 1.54) is 0 Å². The first kappa shape index (κ1) is 13.2. The van der Waals surface area contributed by atoms with Crippen LogP contribution in [0.4, 0.5) is 0 Å². The molecule has 0 aliphatic rings. The summed E-state index contributed by atoms with van der Waals surface area (Å²) >= 11 is 6.11. The lowest BCUT2D eigenvalue weighted by Crippen LogP contribution is -1.94. The quantitative estimate of drug-likeness (QED) is 0.476. The SMILES string of the molecule is ClCc1nc2ccccc2cc1-c1ccc2ccccc2n1. The molecule has 0 amide bonds. The van der Waals surface area contributed by atoms with Gasteiger partial charge in [-0.2, -0.15) is 0 Å². The second kappa shape index (κ2) is 5.39. The van der Waals surface area contributed by atoms with Gasteiger partial charge in [0, 0.05) is 16.3 Å². The number of nitrogens with zero attached hydrogens (tertiary/aromatic N) is 2. The van der Waals surface area contributed by atoms with Gasteiger partial charge >= 0.3 is 0 Å². The Hall–Kier alpha value is -2.45. The van der Waals surface area contributed by atoms with Crippen molar-refractivity contribution in [2.45, 2.75) is 5.88 Å². The van der Waals surface area contributed by atoms with Crippen molar-refractivity contribution < 1.29 is 0 Å². The summed E-state index contributed by atoms with van der Waals surface area (Å²) in [5, 5.41) is 2.23. The summed E-state index contributed by atoms with van der Waals surface area (Å²) in [6.07, 6.45) is 0. The molecule has 0 aliphatic carbocycles. The van der Waals surface area contributed by atoms with Gasteiger partial charge in [-0.05, 0) is 24.3 Å². The molecule has 0 fully saturated rings. The van der Waals surface area contributed by atoms with E-state index in [1.807, 2.05) is 42.5 Å². The Bertz CT molecular complexity index is 979. The fourth-order valence-corrected chi connectivity index (χ4v) is 2.90. The molecule has 0 saturated carbocycles. The minimum absolute atomic E-state index is 0.370. The van der Waals surface area contributed by atoms with Crippen molar-refractivity contribution in [3.8, 4) is 11.3 Å². The number of hydrogen-bond donors (Lipinski definition) is 0. The van der Waals surface area contributed by atoms with Gasteiger partial charge in [-0.3, -0.25) is 4.98 Å². The molecule has 2 aromatic carbocycles. The monoisotopic (exact) mass is 304 g/mol. The summed E-state index contributed by atoms with van der Waals surface area (Å²) in [5.74, 6) is 0.370. The predicted molar refractivity (Wildman–Crippen MR) is 92.0 cm³/mol. The van der Waals surface area contributed by atoms with E-state index in [0.29, 0.717) is 5.88 Å². The fourth-order valence-electron chi connectivity index (χ4n) is 2.70. The van der Waals surface area contributed by atoms with Gasteiger partial charge in [0.05, 0.1) is 28.3 Å². The summed E-state index contributed by atoms with van der Waals surface area (Å²) in [6, 6.07) is 22.4. The van der Waals surface area contributed by atoms with Gasteiger partial charge in [-0.25, -0.2) is 4.98 Å². The second-order valence-corrected chi connectivity index (χ2v) is 5.47. The van der Waals surface area contributed by atoms with Gasteiger partial charge in [-0.15, -0.1) is 11.6 Å². The Kier molecular flexibility index (Phi) is 3.24. The van der Waals surface area contributed by atoms with Crippen molar-refractivity contribution in [1.82, 2.24) is 9.97 Å². The van der Waals surface area contributed by atoms with Crippen LogP contribution in [0.2, 0.25) is 0 Å². The van der Waals surface area contributed by atoms with Gasteiger partial charge in [0.2, 0.25) is 0 Å². The van der Waals surface area contributed by atoms with Crippen LogP contribution in [-0.4, -0.2) is 9.97 Å². The third kappa shape index (κ3) is 2.22. The highest BCUT2D eigenvalue weighted by molar-refractivity contribution is 6.17. The number of halogens is 1. The lowest BCUT2D eigenvalue weighted by atomic mass is 10.1. The molecule has 0 radical (unpaired) electrons. The Labute approximate surface area is 133 Å². The van der Waals surface area contributed by atoms with Crippen molar-refractivity contribution in [2.24, 2.45) is 0 Å². The van der Waals surface area contributed by atoms with Crippen molar-refractivity contribution in [3.05, 3.63) is 72.4 Å². The number of hydrogen-bond acceptors (Lipinski definition) is 2. The molecule has 3 heteroatoms. The normalized spacial score (nSPS) is 11.1. The maximum absolute atomic E-state index is 6.11. The lowest BCUT2D eigenvalue weighted by molar-refractivity contribution is 1.21. The van der Waals surface area contributed by atoms with Crippen molar-refractivity contribution >= 4 is 33.4 Å². The summed E-state index contributed by atoms with van der Waals surface area (Å²) in [5.41, 5.74) is 4.71. The standard InChI is InChI=1S/C19H13ClN2/c20-12-19-15(11-14-6-2-4-8-17(14)22-19)18-10-9-13-5-1-3-7-16(13)21-18/h1-11H,12H2. The topological polar surface area (TPSA) is 25.8 Å². The zero-order valence-corrected chi connectivity index (χ0v) is 12.6. The van der Waals surface area contributed by atoms with Crippen molar-refractivity contribution in [3.63, 3.8) is 0 Å². The molecular weight excluding hydrogens is 292 g/mol. The molecule has 2 heterocycles. The van der Waals surface area contributed by atoms with Crippen LogP contribution < -0.4 is 0 Å². The Morgan fingerprint density at radius 2 is 1.41 bits per heavy atom. The molecule has 0 aliphatic heterocycles. The van der Waals surface area contributed by atoms with Gasteiger partial charge in [-0.1, -0.05) is 42.5 Å². The first-order valence-electron chi connectivity index (χ1n) is 7.16. The average molecular weight is 305 g/mol. The average Bonchev–Trinajstić information content (AvgIpc) is 2.60. The summed E-state index contributed by atoms with van der Waals surface area (Å²) in [6.45, 7) is 0. The van der Waals surface area contributed by atoms with E-state index < -0.39 is 0 Å². The molecule has 0 spiro atoms. The first-order chi connectivity index (χ1) is 10.8. The van der Waals surface area contributed by atoms with Crippen LogP contribution in [0.1, 0.15) is 5.69 Å². The largest absolute Gasteiger partial charge is 0.251 e. The van der Waals surface area contributed by atoms with E-state index >= 15 is 0 Å². The Morgan fingerprint density at radius 1 is 0.727 bits per heavy atom. The lowest BCUT2D eigenvalue weighted by Gasteiger charge is -2.09. The fraction of sp³-hybridized carbons (Fsp3) is 0.0526. The molecule has 106 valence electrons. The maximum atomic E-state index is 6.11. The van der Waals surface area contributed by atoms with E-state index in [9.17, 15) is 0 Å². The minimum atomic E-state index is 0.370.